The summed E-state index contributed by atoms with van der Waals surface area (Å²) < 4.78 is 16.3. The van der Waals surface area contributed by atoms with E-state index in [9.17, 15) is 14.4 Å². The van der Waals surface area contributed by atoms with Gasteiger partial charge in [0.25, 0.3) is 0 Å². The van der Waals surface area contributed by atoms with Gasteiger partial charge in [-0.1, -0.05) is 86.6 Å². The van der Waals surface area contributed by atoms with Gasteiger partial charge in [-0.05, 0) is 41.2 Å². The van der Waals surface area contributed by atoms with E-state index in [0.717, 1.165) is 16.7 Å². The first-order valence-corrected chi connectivity index (χ1v) is 12.6. The van der Waals surface area contributed by atoms with Crippen LogP contribution in [0.5, 0.6) is 5.75 Å². The third-order valence-electron chi connectivity index (χ3n) is 6.36. The summed E-state index contributed by atoms with van der Waals surface area (Å²) in [7, 11) is 1.57. The Balaban J connectivity index is 0.00000186. The van der Waals surface area contributed by atoms with Crippen molar-refractivity contribution in [3.05, 3.63) is 102 Å². The van der Waals surface area contributed by atoms with Crippen molar-refractivity contribution < 1.29 is 28.6 Å². The number of ether oxygens (including phenoxy) is 3. The molecule has 2 atom stereocenters. The zero-order valence-corrected chi connectivity index (χ0v) is 21.6. The zero-order chi connectivity index (χ0) is 26.6. The van der Waals surface area contributed by atoms with E-state index in [1.54, 1.807) is 31.4 Å². The van der Waals surface area contributed by atoms with E-state index in [-0.39, 0.29) is 25.4 Å². The van der Waals surface area contributed by atoms with Gasteiger partial charge in [-0.25, -0.2) is 0 Å². The van der Waals surface area contributed by atoms with Crippen LogP contribution in [0.3, 0.4) is 0 Å². The van der Waals surface area contributed by atoms with Gasteiger partial charge in [0, 0.05) is 12.3 Å². The van der Waals surface area contributed by atoms with Gasteiger partial charge in [0.2, 0.25) is 0 Å². The minimum atomic E-state index is -1.21. The lowest BCUT2D eigenvalue weighted by Crippen LogP contribution is -2.36. The van der Waals surface area contributed by atoms with Crippen molar-refractivity contribution in [1.29, 1.82) is 0 Å². The van der Waals surface area contributed by atoms with Crippen molar-refractivity contribution in [3.8, 4) is 5.75 Å². The molecule has 0 heterocycles. The Hall–Kier alpha value is -3.93. The van der Waals surface area contributed by atoms with E-state index < -0.39 is 29.7 Å². The van der Waals surface area contributed by atoms with Crippen molar-refractivity contribution in [2.24, 2.45) is 11.8 Å². The van der Waals surface area contributed by atoms with Gasteiger partial charge in [-0.2, -0.15) is 0 Å². The van der Waals surface area contributed by atoms with Crippen molar-refractivity contribution in [1.82, 2.24) is 0 Å². The molecule has 6 heteroatoms. The average Bonchev–Trinajstić information content (AvgIpc) is 3.33. The van der Waals surface area contributed by atoms with Crippen LogP contribution in [0.15, 0.2) is 84.9 Å². The number of carbonyl (C=O) groups excluding carboxylic acids is 3. The van der Waals surface area contributed by atoms with Crippen LogP contribution in [0, 0.1) is 11.8 Å². The summed E-state index contributed by atoms with van der Waals surface area (Å²) in [4.78, 5) is 39.5. The number of rotatable bonds is 9. The van der Waals surface area contributed by atoms with Crippen LogP contribution in [0.2, 0.25) is 0 Å². The third-order valence-corrected chi connectivity index (χ3v) is 6.36. The van der Waals surface area contributed by atoms with Gasteiger partial charge < -0.3 is 14.2 Å². The largest absolute Gasteiger partial charge is 0.497 e. The molecule has 2 unspecified atom stereocenters. The maximum atomic E-state index is 13.3. The molecule has 3 aromatic rings. The molecule has 0 spiro atoms. The van der Waals surface area contributed by atoms with Gasteiger partial charge in [-0.3, -0.25) is 14.4 Å². The fraction of sp³-hybridized carbons (Fsp3) is 0.323. The molecule has 37 heavy (non-hydrogen) atoms. The Morgan fingerprint density at radius 2 is 1.27 bits per heavy atom. The molecule has 1 fully saturated rings. The van der Waals surface area contributed by atoms with E-state index >= 15 is 0 Å². The highest BCUT2D eigenvalue weighted by Crippen LogP contribution is 2.43. The lowest BCUT2D eigenvalue weighted by molar-refractivity contribution is -0.166. The summed E-state index contributed by atoms with van der Waals surface area (Å²) in [6.45, 7) is 4.08. The first-order chi connectivity index (χ1) is 18.1. The van der Waals surface area contributed by atoms with Gasteiger partial charge in [0.1, 0.15) is 24.7 Å². The number of benzene rings is 3. The molecular formula is C31H34O6. The standard InChI is InChI=1S/C29H28O6.C2H6/c1-33-23-14-12-22(13-15-23)26-24(16-17-25(26)30)27(28(31)34-18-20-8-4-2-5-9-20)29(32)35-19-21-10-6-3-7-11-21;1-2/h2-15,24,26-27H,16-19H2,1H3;1-2H3. The minimum Gasteiger partial charge on any atom is -0.497 e. The molecule has 0 saturated heterocycles. The molecule has 4 rings (SSSR count). The Kier molecular flexibility index (Phi) is 10.4. The van der Waals surface area contributed by atoms with Crippen LogP contribution in [-0.4, -0.2) is 24.8 Å². The molecule has 0 radical (unpaired) electrons. The second-order valence-corrected chi connectivity index (χ2v) is 8.58. The molecule has 1 saturated carbocycles. The zero-order valence-electron chi connectivity index (χ0n) is 21.6. The summed E-state index contributed by atoms with van der Waals surface area (Å²) in [6.07, 6.45) is 0.691. The second-order valence-electron chi connectivity index (χ2n) is 8.58. The first-order valence-electron chi connectivity index (χ1n) is 12.6. The number of hydrogen-bond acceptors (Lipinski definition) is 6. The van der Waals surface area contributed by atoms with Gasteiger partial charge in [-0.15, -0.1) is 0 Å². The monoisotopic (exact) mass is 502 g/mol. The minimum absolute atomic E-state index is 0.00288. The van der Waals surface area contributed by atoms with Crippen molar-refractivity contribution in [2.75, 3.05) is 7.11 Å². The van der Waals surface area contributed by atoms with Crippen LogP contribution >= 0.6 is 0 Å². The average molecular weight is 503 g/mol. The van der Waals surface area contributed by atoms with Crippen molar-refractivity contribution in [2.45, 2.75) is 45.8 Å². The lowest BCUT2D eigenvalue weighted by atomic mass is 9.79. The molecule has 0 aliphatic heterocycles. The Bertz CT molecular complexity index is 1090. The van der Waals surface area contributed by atoms with Crippen molar-refractivity contribution >= 4 is 17.7 Å². The molecule has 0 N–H and O–H groups in total. The Morgan fingerprint density at radius 1 is 0.784 bits per heavy atom. The Morgan fingerprint density at radius 3 is 1.73 bits per heavy atom. The Labute approximate surface area is 218 Å². The van der Waals surface area contributed by atoms with Crippen LogP contribution in [-0.2, 0) is 37.1 Å². The quantitative estimate of drug-likeness (QED) is 0.268. The molecule has 194 valence electrons. The maximum absolute atomic E-state index is 13.3. The van der Waals surface area contributed by atoms with Gasteiger partial charge >= 0.3 is 11.9 Å². The smallest absolute Gasteiger partial charge is 0.320 e. The number of ketones is 1. The summed E-state index contributed by atoms with van der Waals surface area (Å²) in [5.41, 5.74) is 2.37. The van der Waals surface area contributed by atoms with E-state index in [4.69, 9.17) is 14.2 Å². The lowest BCUT2D eigenvalue weighted by Gasteiger charge is -2.25. The number of hydrogen-bond donors (Lipinski definition) is 0. The number of methoxy groups -OCH3 is 1. The van der Waals surface area contributed by atoms with E-state index in [1.807, 2.05) is 74.5 Å². The fourth-order valence-electron chi connectivity index (χ4n) is 4.56. The molecule has 6 nitrogen and oxygen atoms in total. The highest BCUT2D eigenvalue weighted by Gasteiger charge is 2.48. The number of esters is 2. The van der Waals surface area contributed by atoms with E-state index in [2.05, 4.69) is 0 Å². The van der Waals surface area contributed by atoms with E-state index in [1.165, 1.54) is 0 Å². The molecule has 1 aliphatic rings. The summed E-state index contributed by atoms with van der Waals surface area (Å²) in [5.74, 6) is -3.05. The van der Waals surface area contributed by atoms with Gasteiger partial charge in [0.15, 0.2) is 5.92 Å². The van der Waals surface area contributed by atoms with Crippen LogP contribution in [0.4, 0.5) is 0 Å². The SMILES string of the molecule is CC.COc1ccc(C2C(=O)CCC2C(C(=O)OCc2ccccc2)C(=O)OCc2ccccc2)cc1. The highest BCUT2D eigenvalue weighted by atomic mass is 16.6. The predicted octanol–water partition coefficient (Wildman–Crippen LogP) is 5.89. The summed E-state index contributed by atoms with van der Waals surface area (Å²) in [6, 6.07) is 25.7. The highest BCUT2D eigenvalue weighted by molar-refractivity contribution is 5.98. The molecule has 1 aliphatic carbocycles. The summed E-state index contributed by atoms with van der Waals surface area (Å²) in [5, 5.41) is 0. The third kappa shape index (κ3) is 7.29. The van der Waals surface area contributed by atoms with Gasteiger partial charge in [0.05, 0.1) is 7.11 Å². The number of carbonyl (C=O) groups is 3. The molecular weight excluding hydrogens is 468 g/mol. The first kappa shape index (κ1) is 27.7. The van der Waals surface area contributed by atoms with Crippen molar-refractivity contribution in [3.63, 3.8) is 0 Å². The van der Waals surface area contributed by atoms with Crippen LogP contribution in [0.1, 0.15) is 49.3 Å². The van der Waals surface area contributed by atoms with Crippen LogP contribution in [0.25, 0.3) is 0 Å². The van der Waals surface area contributed by atoms with Crippen LogP contribution < -0.4 is 4.74 Å². The summed E-state index contributed by atoms with van der Waals surface area (Å²) >= 11 is 0. The molecule has 0 aromatic heterocycles. The van der Waals surface area contributed by atoms with E-state index in [0.29, 0.717) is 12.2 Å². The predicted molar refractivity (Wildman–Crippen MR) is 141 cm³/mol. The molecule has 0 bridgehead atoms. The normalized spacial score (nSPS) is 16.5. The number of Topliss-reactive ketones (excluding diaryl/α,β-unsaturated/α-hetero) is 1. The molecule has 0 amide bonds. The maximum Gasteiger partial charge on any atom is 0.320 e. The molecule has 3 aromatic carbocycles. The topological polar surface area (TPSA) is 78.9 Å². The fourth-order valence-corrected chi connectivity index (χ4v) is 4.56. The second kappa shape index (κ2) is 14.0.